The van der Waals surface area contributed by atoms with Crippen molar-refractivity contribution in [1.82, 2.24) is 4.90 Å². The summed E-state index contributed by atoms with van der Waals surface area (Å²) in [6.45, 7) is 3.47. The summed E-state index contributed by atoms with van der Waals surface area (Å²) in [5, 5.41) is 9.08. The Morgan fingerprint density at radius 1 is 1.40 bits per heavy atom. The van der Waals surface area contributed by atoms with Crippen LogP contribution in [0.2, 0.25) is 0 Å². The van der Waals surface area contributed by atoms with Crippen LogP contribution in [0.15, 0.2) is 18.2 Å². The van der Waals surface area contributed by atoms with E-state index in [1.807, 2.05) is 18.2 Å². The lowest BCUT2D eigenvalue weighted by Crippen LogP contribution is -2.26. The molecule has 1 saturated heterocycles. The molecule has 2 atom stereocenters. The first-order chi connectivity index (χ1) is 9.56. The van der Waals surface area contributed by atoms with Crippen LogP contribution in [-0.2, 0) is 4.79 Å². The molecule has 1 aromatic carbocycles. The summed E-state index contributed by atoms with van der Waals surface area (Å²) in [6.07, 6.45) is 0.706. The third kappa shape index (κ3) is 2.88. The second kappa shape index (κ2) is 6.13. The molecule has 0 saturated carbocycles. The van der Waals surface area contributed by atoms with Crippen LogP contribution in [0.5, 0.6) is 11.5 Å². The van der Waals surface area contributed by atoms with Crippen LogP contribution in [0.25, 0.3) is 0 Å². The largest absolute Gasteiger partial charge is 0.497 e. The van der Waals surface area contributed by atoms with E-state index < -0.39 is 5.97 Å². The topological polar surface area (TPSA) is 59.0 Å². The second-order valence-corrected chi connectivity index (χ2v) is 5.10. The van der Waals surface area contributed by atoms with E-state index in [0.717, 1.165) is 23.6 Å². The zero-order valence-electron chi connectivity index (χ0n) is 12.1. The van der Waals surface area contributed by atoms with Gasteiger partial charge in [0.2, 0.25) is 0 Å². The van der Waals surface area contributed by atoms with E-state index in [2.05, 4.69) is 11.8 Å². The van der Waals surface area contributed by atoms with Gasteiger partial charge in [-0.25, -0.2) is 0 Å². The van der Waals surface area contributed by atoms with Gasteiger partial charge in [0.1, 0.15) is 11.5 Å². The highest BCUT2D eigenvalue weighted by atomic mass is 16.5. The van der Waals surface area contributed by atoms with E-state index in [-0.39, 0.29) is 12.0 Å². The molecule has 0 aromatic heterocycles. The van der Waals surface area contributed by atoms with Gasteiger partial charge in [0.15, 0.2) is 0 Å². The minimum atomic E-state index is -0.707. The fraction of sp³-hybridized carbons (Fsp3) is 0.533. The number of ether oxygens (including phenoxy) is 2. The van der Waals surface area contributed by atoms with Crippen LogP contribution < -0.4 is 9.47 Å². The lowest BCUT2D eigenvalue weighted by molar-refractivity contribution is -0.141. The molecule has 5 heteroatoms. The van der Waals surface area contributed by atoms with Gasteiger partial charge in [-0.1, -0.05) is 6.07 Å². The summed E-state index contributed by atoms with van der Waals surface area (Å²) < 4.78 is 10.6. The summed E-state index contributed by atoms with van der Waals surface area (Å²) in [5.41, 5.74) is 1.05. The predicted molar refractivity (Wildman–Crippen MR) is 75.3 cm³/mol. The number of carboxylic acid groups (broad SMARTS) is 1. The fourth-order valence-electron chi connectivity index (χ4n) is 2.70. The molecular formula is C15H21NO4. The monoisotopic (exact) mass is 279 g/mol. The van der Waals surface area contributed by atoms with Crippen LogP contribution in [0.4, 0.5) is 0 Å². The minimum Gasteiger partial charge on any atom is -0.497 e. The van der Waals surface area contributed by atoms with Crippen molar-refractivity contribution in [2.24, 2.45) is 5.92 Å². The van der Waals surface area contributed by atoms with Crippen molar-refractivity contribution in [1.29, 1.82) is 0 Å². The highest BCUT2D eigenvalue weighted by Crippen LogP contribution is 2.34. The molecule has 1 aliphatic rings. The molecule has 5 nitrogen and oxygen atoms in total. The second-order valence-electron chi connectivity index (χ2n) is 5.10. The molecule has 1 fully saturated rings. The van der Waals surface area contributed by atoms with Crippen molar-refractivity contribution in [3.63, 3.8) is 0 Å². The minimum absolute atomic E-state index is 0.125. The van der Waals surface area contributed by atoms with Crippen LogP contribution in [0.1, 0.15) is 24.9 Å². The van der Waals surface area contributed by atoms with E-state index >= 15 is 0 Å². The molecule has 2 unspecified atom stereocenters. The van der Waals surface area contributed by atoms with Gasteiger partial charge in [0, 0.05) is 24.2 Å². The van der Waals surface area contributed by atoms with Crippen molar-refractivity contribution in [3.05, 3.63) is 23.8 Å². The third-order valence-corrected chi connectivity index (χ3v) is 4.01. The van der Waals surface area contributed by atoms with Gasteiger partial charge in [-0.05, 0) is 26.0 Å². The van der Waals surface area contributed by atoms with Crippen molar-refractivity contribution in [2.45, 2.75) is 19.4 Å². The maximum atomic E-state index is 11.0. The number of hydrogen-bond donors (Lipinski definition) is 1. The van der Waals surface area contributed by atoms with Gasteiger partial charge in [-0.2, -0.15) is 0 Å². The zero-order valence-corrected chi connectivity index (χ0v) is 12.1. The van der Waals surface area contributed by atoms with E-state index in [4.69, 9.17) is 14.6 Å². The number of hydrogen-bond acceptors (Lipinski definition) is 4. The lowest BCUT2D eigenvalue weighted by Gasteiger charge is -2.26. The fourth-order valence-corrected chi connectivity index (χ4v) is 2.70. The van der Waals surface area contributed by atoms with Gasteiger partial charge in [0.05, 0.1) is 20.1 Å². The number of benzene rings is 1. The number of likely N-dealkylation sites (tertiary alicyclic amines) is 1. The van der Waals surface area contributed by atoms with E-state index in [0.29, 0.717) is 13.0 Å². The molecule has 0 amide bonds. The number of methoxy groups -OCH3 is 2. The molecular weight excluding hydrogens is 258 g/mol. The van der Waals surface area contributed by atoms with Crippen molar-refractivity contribution < 1.29 is 19.4 Å². The number of aliphatic carboxylic acids is 1. The molecule has 0 spiro atoms. The van der Waals surface area contributed by atoms with Crippen molar-refractivity contribution >= 4 is 5.97 Å². The van der Waals surface area contributed by atoms with Gasteiger partial charge < -0.3 is 14.6 Å². The molecule has 0 aliphatic carbocycles. The molecule has 0 radical (unpaired) electrons. The molecule has 110 valence electrons. The molecule has 1 aliphatic heterocycles. The highest BCUT2D eigenvalue weighted by molar-refractivity contribution is 5.70. The summed E-state index contributed by atoms with van der Waals surface area (Å²) in [4.78, 5) is 13.2. The van der Waals surface area contributed by atoms with Gasteiger partial charge in [-0.15, -0.1) is 0 Å². The van der Waals surface area contributed by atoms with Crippen molar-refractivity contribution in [2.75, 3.05) is 27.3 Å². The van der Waals surface area contributed by atoms with Gasteiger partial charge in [-0.3, -0.25) is 9.69 Å². The Bertz CT molecular complexity index is 489. The van der Waals surface area contributed by atoms with E-state index in [9.17, 15) is 4.79 Å². The third-order valence-electron chi connectivity index (χ3n) is 4.01. The molecule has 2 rings (SSSR count). The Morgan fingerprint density at radius 3 is 2.70 bits per heavy atom. The number of rotatable bonds is 5. The summed E-state index contributed by atoms with van der Waals surface area (Å²) >= 11 is 0. The molecule has 1 heterocycles. The number of nitrogens with zero attached hydrogens (tertiary/aromatic N) is 1. The van der Waals surface area contributed by atoms with E-state index in [1.165, 1.54) is 0 Å². The molecule has 0 bridgehead atoms. The maximum absolute atomic E-state index is 11.0. The smallest absolute Gasteiger partial charge is 0.307 e. The lowest BCUT2D eigenvalue weighted by atomic mass is 10.1. The Morgan fingerprint density at radius 2 is 2.15 bits per heavy atom. The van der Waals surface area contributed by atoms with Crippen LogP contribution in [0.3, 0.4) is 0 Å². The van der Waals surface area contributed by atoms with Gasteiger partial charge >= 0.3 is 5.97 Å². The summed E-state index contributed by atoms with van der Waals surface area (Å²) in [5.74, 6) is 0.557. The standard InChI is InChI=1S/C15H21NO4/c1-10(16-7-6-11(9-16)15(17)18)13-5-4-12(19-2)8-14(13)20-3/h4-5,8,10-11H,6-7,9H2,1-3H3,(H,17,18). The quantitative estimate of drug-likeness (QED) is 0.895. The van der Waals surface area contributed by atoms with Crippen LogP contribution in [-0.4, -0.2) is 43.3 Å². The highest BCUT2D eigenvalue weighted by Gasteiger charge is 2.31. The molecule has 1 aromatic rings. The van der Waals surface area contributed by atoms with Crippen LogP contribution in [0, 0.1) is 5.92 Å². The van der Waals surface area contributed by atoms with Crippen molar-refractivity contribution in [3.8, 4) is 11.5 Å². The van der Waals surface area contributed by atoms with Gasteiger partial charge in [0.25, 0.3) is 0 Å². The normalized spacial score (nSPS) is 20.6. The average Bonchev–Trinajstić information content (AvgIpc) is 2.95. The van der Waals surface area contributed by atoms with Crippen LogP contribution >= 0.6 is 0 Å². The first-order valence-electron chi connectivity index (χ1n) is 6.75. The summed E-state index contributed by atoms with van der Waals surface area (Å²) in [7, 11) is 3.25. The SMILES string of the molecule is COc1ccc(C(C)N2CCC(C(=O)O)C2)c(OC)c1. The first kappa shape index (κ1) is 14.7. The first-order valence-corrected chi connectivity index (χ1v) is 6.75. The zero-order chi connectivity index (χ0) is 14.7. The number of carbonyl (C=O) groups is 1. The predicted octanol–water partition coefficient (Wildman–Crippen LogP) is 2.17. The Balaban J connectivity index is 2.17. The Kier molecular flexibility index (Phi) is 4.49. The maximum Gasteiger partial charge on any atom is 0.307 e. The van der Waals surface area contributed by atoms with E-state index in [1.54, 1.807) is 14.2 Å². The number of carboxylic acids is 1. The Labute approximate surface area is 119 Å². The molecule has 1 N–H and O–H groups in total. The Hall–Kier alpha value is -1.75. The average molecular weight is 279 g/mol. The molecule has 20 heavy (non-hydrogen) atoms. The summed E-state index contributed by atoms with van der Waals surface area (Å²) in [6, 6.07) is 5.87.